The van der Waals surface area contributed by atoms with Gasteiger partial charge < -0.3 is 5.32 Å². The first kappa shape index (κ1) is 11.5. The predicted molar refractivity (Wildman–Crippen MR) is 83.0 cm³/mol. The van der Waals surface area contributed by atoms with E-state index in [0.717, 1.165) is 5.52 Å². The lowest BCUT2D eigenvalue weighted by Gasteiger charge is -2.09. The second kappa shape index (κ2) is 4.64. The van der Waals surface area contributed by atoms with Crippen molar-refractivity contribution in [3.63, 3.8) is 0 Å². The number of aromatic nitrogens is 1. The summed E-state index contributed by atoms with van der Waals surface area (Å²) in [5, 5.41) is 4.87. The Morgan fingerprint density at radius 3 is 2.60 bits per heavy atom. The monoisotopic (exact) mass is 260 g/mol. The second-order valence-corrected chi connectivity index (χ2v) is 5.38. The van der Waals surface area contributed by atoms with Crippen LogP contribution in [0, 0.1) is 0 Å². The summed E-state index contributed by atoms with van der Waals surface area (Å²) in [7, 11) is 0. The molecule has 1 aliphatic rings. The van der Waals surface area contributed by atoms with Crippen molar-refractivity contribution in [3.8, 4) is 0 Å². The summed E-state index contributed by atoms with van der Waals surface area (Å²) < 4.78 is 0. The lowest BCUT2D eigenvalue weighted by atomic mass is 10.1. The van der Waals surface area contributed by atoms with Crippen molar-refractivity contribution < 1.29 is 0 Å². The summed E-state index contributed by atoms with van der Waals surface area (Å²) in [6.07, 6.45) is 3.09. The Balaban J connectivity index is 1.58. The van der Waals surface area contributed by atoms with Gasteiger partial charge in [0.05, 0.1) is 5.52 Å². The molecular weight excluding hydrogens is 244 g/mol. The molecule has 20 heavy (non-hydrogen) atoms. The van der Waals surface area contributed by atoms with Crippen LogP contribution >= 0.6 is 0 Å². The van der Waals surface area contributed by atoms with Crippen molar-refractivity contribution in [3.05, 3.63) is 72.4 Å². The summed E-state index contributed by atoms with van der Waals surface area (Å²) in [5.74, 6) is 0.642. The molecule has 2 aromatic carbocycles. The molecule has 0 bridgehead atoms. The van der Waals surface area contributed by atoms with E-state index in [0.29, 0.717) is 12.0 Å². The van der Waals surface area contributed by atoms with Crippen molar-refractivity contribution in [2.24, 2.45) is 0 Å². The smallest absolute Gasteiger partial charge is 0.0722 e. The SMILES string of the molecule is c1ccc(C2CC2Nc2ccnc3ccccc23)cc1. The number of anilines is 1. The van der Waals surface area contributed by atoms with E-state index < -0.39 is 0 Å². The number of benzene rings is 2. The average molecular weight is 260 g/mol. The van der Waals surface area contributed by atoms with Gasteiger partial charge in [-0.05, 0) is 24.1 Å². The van der Waals surface area contributed by atoms with Crippen molar-refractivity contribution >= 4 is 16.6 Å². The van der Waals surface area contributed by atoms with Gasteiger partial charge in [0, 0.05) is 29.2 Å². The Labute approximate surface area is 118 Å². The van der Waals surface area contributed by atoms with Crippen LogP contribution in [0.5, 0.6) is 0 Å². The Morgan fingerprint density at radius 2 is 1.70 bits per heavy atom. The van der Waals surface area contributed by atoms with Gasteiger partial charge in [-0.3, -0.25) is 4.98 Å². The van der Waals surface area contributed by atoms with E-state index in [1.54, 1.807) is 0 Å². The van der Waals surface area contributed by atoms with Crippen LogP contribution in [0.4, 0.5) is 5.69 Å². The van der Waals surface area contributed by atoms with E-state index in [-0.39, 0.29) is 0 Å². The summed E-state index contributed by atoms with van der Waals surface area (Å²) in [6, 6.07) is 21.6. The number of pyridine rings is 1. The van der Waals surface area contributed by atoms with E-state index in [1.165, 1.54) is 23.1 Å². The second-order valence-electron chi connectivity index (χ2n) is 5.38. The topological polar surface area (TPSA) is 24.9 Å². The molecule has 0 saturated heterocycles. The molecule has 0 amide bonds. The fourth-order valence-electron chi connectivity index (χ4n) is 2.84. The molecule has 1 fully saturated rings. The molecule has 2 nitrogen and oxygen atoms in total. The number of nitrogens with zero attached hydrogens (tertiary/aromatic N) is 1. The molecule has 0 spiro atoms. The molecule has 1 aromatic heterocycles. The van der Waals surface area contributed by atoms with Crippen LogP contribution < -0.4 is 5.32 Å². The number of nitrogens with one attached hydrogen (secondary N) is 1. The average Bonchev–Trinajstić information content (AvgIpc) is 3.28. The number of hydrogen-bond acceptors (Lipinski definition) is 2. The van der Waals surface area contributed by atoms with Gasteiger partial charge in [-0.2, -0.15) is 0 Å². The molecule has 3 aromatic rings. The normalized spacial score (nSPS) is 20.8. The molecular formula is C18H16N2. The number of fused-ring (bicyclic) bond motifs is 1. The first-order valence-electron chi connectivity index (χ1n) is 7.07. The summed E-state index contributed by atoms with van der Waals surface area (Å²) >= 11 is 0. The Hall–Kier alpha value is -2.35. The molecule has 0 radical (unpaired) electrons. The largest absolute Gasteiger partial charge is 0.381 e. The van der Waals surface area contributed by atoms with Gasteiger partial charge in [0.2, 0.25) is 0 Å². The highest BCUT2D eigenvalue weighted by Gasteiger charge is 2.38. The van der Waals surface area contributed by atoms with Crippen molar-refractivity contribution in [2.45, 2.75) is 18.4 Å². The van der Waals surface area contributed by atoms with E-state index in [9.17, 15) is 0 Å². The maximum atomic E-state index is 4.41. The minimum Gasteiger partial charge on any atom is -0.381 e. The van der Waals surface area contributed by atoms with Crippen LogP contribution in [-0.4, -0.2) is 11.0 Å². The van der Waals surface area contributed by atoms with Gasteiger partial charge >= 0.3 is 0 Å². The third-order valence-electron chi connectivity index (χ3n) is 4.01. The van der Waals surface area contributed by atoms with Crippen molar-refractivity contribution in [1.82, 2.24) is 4.98 Å². The lowest BCUT2D eigenvalue weighted by molar-refractivity contribution is 1.05. The molecule has 1 N–H and O–H groups in total. The number of rotatable bonds is 3. The summed E-state index contributed by atoms with van der Waals surface area (Å²) in [5.41, 5.74) is 3.68. The third-order valence-corrected chi connectivity index (χ3v) is 4.01. The highest BCUT2D eigenvalue weighted by atomic mass is 15.0. The van der Waals surface area contributed by atoms with Crippen LogP contribution in [-0.2, 0) is 0 Å². The number of hydrogen-bond donors (Lipinski definition) is 1. The van der Waals surface area contributed by atoms with Gasteiger partial charge in [-0.25, -0.2) is 0 Å². The standard InChI is InChI=1S/C18H16N2/c1-2-6-13(7-3-1)15-12-18(15)20-17-10-11-19-16-9-5-4-8-14(16)17/h1-11,15,18H,12H2,(H,19,20). The summed E-state index contributed by atoms with van der Waals surface area (Å²) in [4.78, 5) is 4.41. The predicted octanol–water partition coefficient (Wildman–Crippen LogP) is 4.20. The molecule has 2 atom stereocenters. The lowest BCUT2D eigenvalue weighted by Crippen LogP contribution is -2.04. The molecule has 1 aliphatic carbocycles. The minimum absolute atomic E-state index is 0.545. The quantitative estimate of drug-likeness (QED) is 0.763. The van der Waals surface area contributed by atoms with Gasteiger partial charge in [0.1, 0.15) is 0 Å². The van der Waals surface area contributed by atoms with Gasteiger partial charge in [0.25, 0.3) is 0 Å². The fraction of sp³-hybridized carbons (Fsp3) is 0.167. The first-order valence-corrected chi connectivity index (χ1v) is 7.07. The maximum Gasteiger partial charge on any atom is 0.0722 e. The van der Waals surface area contributed by atoms with Gasteiger partial charge in [-0.15, -0.1) is 0 Å². The fourth-order valence-corrected chi connectivity index (χ4v) is 2.84. The third kappa shape index (κ3) is 2.03. The molecule has 1 saturated carbocycles. The van der Waals surface area contributed by atoms with Crippen LogP contribution in [0.15, 0.2) is 66.9 Å². The number of para-hydroxylation sites is 1. The molecule has 1 heterocycles. The Morgan fingerprint density at radius 1 is 0.900 bits per heavy atom. The summed E-state index contributed by atoms with van der Waals surface area (Å²) in [6.45, 7) is 0. The molecule has 4 rings (SSSR count). The van der Waals surface area contributed by atoms with Crippen LogP contribution in [0.25, 0.3) is 10.9 Å². The van der Waals surface area contributed by atoms with Crippen LogP contribution in [0.3, 0.4) is 0 Å². The van der Waals surface area contributed by atoms with E-state index >= 15 is 0 Å². The highest BCUT2D eigenvalue weighted by molar-refractivity contribution is 5.91. The molecule has 98 valence electrons. The van der Waals surface area contributed by atoms with Crippen molar-refractivity contribution in [1.29, 1.82) is 0 Å². The molecule has 2 unspecified atom stereocenters. The maximum absolute atomic E-state index is 4.41. The van der Waals surface area contributed by atoms with E-state index in [4.69, 9.17) is 0 Å². The van der Waals surface area contributed by atoms with Crippen molar-refractivity contribution in [2.75, 3.05) is 5.32 Å². The Kier molecular flexibility index (Phi) is 2.66. The molecule has 2 heteroatoms. The zero-order valence-electron chi connectivity index (χ0n) is 11.2. The molecule has 0 aliphatic heterocycles. The minimum atomic E-state index is 0.545. The Bertz CT molecular complexity index is 731. The highest BCUT2D eigenvalue weighted by Crippen LogP contribution is 2.43. The zero-order chi connectivity index (χ0) is 13.4. The van der Waals surface area contributed by atoms with E-state index in [2.05, 4.69) is 64.9 Å². The zero-order valence-corrected chi connectivity index (χ0v) is 11.2. The van der Waals surface area contributed by atoms with Gasteiger partial charge in [-0.1, -0.05) is 48.5 Å². The van der Waals surface area contributed by atoms with E-state index in [1.807, 2.05) is 12.3 Å². The van der Waals surface area contributed by atoms with Crippen LogP contribution in [0.2, 0.25) is 0 Å². The van der Waals surface area contributed by atoms with Crippen LogP contribution in [0.1, 0.15) is 17.9 Å². The first-order chi connectivity index (χ1) is 9.92. The van der Waals surface area contributed by atoms with Gasteiger partial charge in [0.15, 0.2) is 0 Å².